The number of alkyl halides is 1. The zero-order valence-corrected chi connectivity index (χ0v) is 19.0. The highest BCUT2D eigenvalue weighted by atomic mass is 35.5. The molecule has 0 aliphatic rings. The second-order valence-electron chi connectivity index (χ2n) is 7.52. The minimum Gasteiger partial charge on any atom is -0.494 e. The van der Waals surface area contributed by atoms with E-state index in [1.165, 1.54) is 0 Å². The van der Waals surface area contributed by atoms with Crippen molar-refractivity contribution in [2.75, 3.05) is 6.61 Å². The second kappa shape index (κ2) is 9.17. The predicted octanol–water partition coefficient (Wildman–Crippen LogP) is 6.98. The smallest absolute Gasteiger partial charge is 0.251 e. The van der Waals surface area contributed by atoms with Gasteiger partial charge in [0.05, 0.1) is 17.5 Å². The molecule has 1 unspecified atom stereocenters. The van der Waals surface area contributed by atoms with Gasteiger partial charge in [-0.3, -0.25) is 4.79 Å². The summed E-state index contributed by atoms with van der Waals surface area (Å²) in [7, 11) is 1.78. The van der Waals surface area contributed by atoms with Crippen LogP contribution in [0, 0.1) is 0 Å². The largest absolute Gasteiger partial charge is 0.494 e. The van der Waals surface area contributed by atoms with E-state index in [9.17, 15) is 4.79 Å². The number of rotatable bonds is 6. The van der Waals surface area contributed by atoms with Gasteiger partial charge in [-0.1, -0.05) is 48.9 Å². The minimum absolute atomic E-state index is 0.0599. The Bertz CT molecular complexity index is 1280. The summed E-state index contributed by atoms with van der Waals surface area (Å²) in [4.78, 5) is 12.6. The van der Waals surface area contributed by atoms with Gasteiger partial charge in [-0.2, -0.15) is 0 Å². The lowest BCUT2D eigenvalue weighted by Crippen LogP contribution is -2.16. The molecule has 0 saturated heterocycles. The molecule has 3 nitrogen and oxygen atoms in total. The molecular weight excluding hydrogens is 429 g/mol. The van der Waals surface area contributed by atoms with Crippen LogP contribution in [0.3, 0.4) is 0 Å². The number of ether oxygens (including phenoxy) is 1. The molecule has 0 amide bonds. The van der Waals surface area contributed by atoms with Crippen molar-refractivity contribution in [3.63, 3.8) is 0 Å². The van der Waals surface area contributed by atoms with E-state index in [0.717, 1.165) is 45.3 Å². The van der Waals surface area contributed by atoms with Crippen molar-refractivity contribution < 1.29 is 4.74 Å². The number of hydrogen-bond donors (Lipinski definition) is 0. The Hall–Kier alpha value is -2.75. The normalized spacial score (nSPS) is 12.1. The quantitative estimate of drug-likeness (QED) is 0.296. The topological polar surface area (TPSA) is 31.2 Å². The minimum atomic E-state index is -0.328. The molecule has 0 fully saturated rings. The SMILES string of the molecule is CCCOc1cccc(-c2cc(=O)n(C)c3ccc(C(Cl)c4ccc(Cl)cc4)cc23)c1. The molecule has 1 atom stereocenters. The zero-order chi connectivity index (χ0) is 22.0. The van der Waals surface area contributed by atoms with E-state index in [1.54, 1.807) is 17.7 Å². The third kappa shape index (κ3) is 4.48. The molecule has 158 valence electrons. The van der Waals surface area contributed by atoms with Crippen molar-refractivity contribution >= 4 is 34.1 Å². The van der Waals surface area contributed by atoms with Gasteiger partial charge in [0.15, 0.2) is 0 Å². The highest BCUT2D eigenvalue weighted by molar-refractivity contribution is 6.30. The standard InChI is InChI=1S/C26H23Cl2NO2/c1-3-13-31-21-6-4-5-18(14-21)22-16-25(30)29(2)24-12-9-19(15-23(22)24)26(28)17-7-10-20(27)11-8-17/h4-12,14-16,26H,3,13H2,1-2H3. The van der Waals surface area contributed by atoms with E-state index in [1.807, 2.05) is 60.7 Å². The van der Waals surface area contributed by atoms with E-state index < -0.39 is 0 Å². The van der Waals surface area contributed by atoms with Crippen molar-refractivity contribution in [2.24, 2.45) is 7.05 Å². The fraction of sp³-hybridized carbons (Fsp3) is 0.192. The third-order valence-corrected chi connectivity index (χ3v) is 6.10. The number of nitrogens with zero attached hydrogens (tertiary/aromatic N) is 1. The first-order valence-electron chi connectivity index (χ1n) is 10.2. The molecule has 0 N–H and O–H groups in total. The fourth-order valence-electron chi connectivity index (χ4n) is 3.67. The Kier molecular flexibility index (Phi) is 6.35. The van der Waals surface area contributed by atoms with Crippen LogP contribution in [0.2, 0.25) is 5.02 Å². The molecule has 4 aromatic rings. The van der Waals surface area contributed by atoms with E-state index >= 15 is 0 Å². The fourth-order valence-corrected chi connectivity index (χ4v) is 4.08. The van der Waals surface area contributed by atoms with Crippen LogP contribution in [0.25, 0.3) is 22.0 Å². The summed E-state index contributed by atoms with van der Waals surface area (Å²) in [6.45, 7) is 2.73. The lowest BCUT2D eigenvalue weighted by Gasteiger charge is -2.16. The predicted molar refractivity (Wildman–Crippen MR) is 130 cm³/mol. The molecule has 0 saturated carbocycles. The number of aromatic nitrogens is 1. The maximum absolute atomic E-state index is 12.6. The van der Waals surface area contributed by atoms with E-state index in [2.05, 4.69) is 13.0 Å². The van der Waals surface area contributed by atoms with Gasteiger partial charge in [-0.05, 0) is 65.1 Å². The molecule has 0 radical (unpaired) electrons. The molecule has 3 aromatic carbocycles. The van der Waals surface area contributed by atoms with Crippen molar-refractivity contribution in [2.45, 2.75) is 18.7 Å². The molecule has 0 bridgehead atoms. The number of fused-ring (bicyclic) bond motifs is 1. The first-order valence-corrected chi connectivity index (χ1v) is 11.1. The van der Waals surface area contributed by atoms with Gasteiger partial charge in [0, 0.05) is 23.5 Å². The average molecular weight is 452 g/mol. The lowest BCUT2D eigenvalue weighted by atomic mass is 9.97. The molecule has 5 heteroatoms. The monoisotopic (exact) mass is 451 g/mol. The number of halogens is 2. The van der Waals surface area contributed by atoms with Crippen LogP contribution >= 0.6 is 23.2 Å². The summed E-state index contributed by atoms with van der Waals surface area (Å²) in [5, 5.41) is 1.31. The van der Waals surface area contributed by atoms with E-state index in [-0.39, 0.29) is 10.9 Å². The zero-order valence-electron chi connectivity index (χ0n) is 17.4. The molecular formula is C26H23Cl2NO2. The van der Waals surface area contributed by atoms with Gasteiger partial charge in [-0.25, -0.2) is 0 Å². The molecule has 0 spiro atoms. The molecule has 1 heterocycles. The number of pyridine rings is 1. The highest BCUT2D eigenvalue weighted by Crippen LogP contribution is 2.35. The van der Waals surface area contributed by atoms with Gasteiger partial charge in [0.2, 0.25) is 0 Å². The van der Waals surface area contributed by atoms with Crippen LogP contribution in [0.1, 0.15) is 29.8 Å². The summed E-state index contributed by atoms with van der Waals surface area (Å²) in [6, 6.07) is 23.1. The van der Waals surface area contributed by atoms with Crippen LogP contribution in [0.5, 0.6) is 5.75 Å². The first kappa shape index (κ1) is 21.5. The Morgan fingerprint density at radius 1 is 0.968 bits per heavy atom. The van der Waals surface area contributed by atoms with Crippen molar-refractivity contribution in [3.8, 4) is 16.9 Å². The average Bonchev–Trinajstić information content (AvgIpc) is 2.80. The Balaban J connectivity index is 1.85. The van der Waals surface area contributed by atoms with E-state index in [4.69, 9.17) is 27.9 Å². The molecule has 0 aliphatic carbocycles. The maximum atomic E-state index is 12.6. The highest BCUT2D eigenvalue weighted by Gasteiger charge is 2.15. The lowest BCUT2D eigenvalue weighted by molar-refractivity contribution is 0.317. The van der Waals surface area contributed by atoms with Gasteiger partial charge < -0.3 is 9.30 Å². The summed E-state index contributed by atoms with van der Waals surface area (Å²) in [5.74, 6) is 0.792. The number of aryl methyl sites for hydroxylation is 1. The van der Waals surface area contributed by atoms with Gasteiger partial charge >= 0.3 is 0 Å². The van der Waals surface area contributed by atoms with E-state index in [0.29, 0.717) is 11.6 Å². The Morgan fingerprint density at radius 3 is 2.45 bits per heavy atom. The molecule has 1 aromatic heterocycles. The molecule has 31 heavy (non-hydrogen) atoms. The van der Waals surface area contributed by atoms with Crippen LogP contribution in [-0.2, 0) is 7.05 Å². The maximum Gasteiger partial charge on any atom is 0.251 e. The van der Waals surface area contributed by atoms with Crippen LogP contribution in [0.15, 0.2) is 77.6 Å². The van der Waals surface area contributed by atoms with Gasteiger partial charge in [-0.15, -0.1) is 11.6 Å². The third-order valence-electron chi connectivity index (χ3n) is 5.34. The van der Waals surface area contributed by atoms with Crippen LogP contribution in [-0.4, -0.2) is 11.2 Å². The Labute approximate surface area is 191 Å². The van der Waals surface area contributed by atoms with Crippen LogP contribution in [0.4, 0.5) is 0 Å². The summed E-state index contributed by atoms with van der Waals surface area (Å²) in [5.41, 5.74) is 4.51. The van der Waals surface area contributed by atoms with Crippen LogP contribution < -0.4 is 10.3 Å². The summed E-state index contributed by atoms with van der Waals surface area (Å²) < 4.78 is 7.46. The van der Waals surface area contributed by atoms with Crippen molar-refractivity contribution in [3.05, 3.63) is 99.3 Å². The summed E-state index contributed by atoms with van der Waals surface area (Å²) >= 11 is 12.8. The molecule has 4 rings (SSSR count). The molecule has 0 aliphatic heterocycles. The second-order valence-corrected chi connectivity index (χ2v) is 8.40. The number of hydrogen-bond acceptors (Lipinski definition) is 2. The van der Waals surface area contributed by atoms with Crippen molar-refractivity contribution in [1.82, 2.24) is 4.57 Å². The Morgan fingerprint density at radius 2 is 1.71 bits per heavy atom. The van der Waals surface area contributed by atoms with Gasteiger partial charge in [0.1, 0.15) is 5.75 Å². The van der Waals surface area contributed by atoms with Crippen molar-refractivity contribution in [1.29, 1.82) is 0 Å². The van der Waals surface area contributed by atoms with Gasteiger partial charge in [0.25, 0.3) is 5.56 Å². The number of benzene rings is 3. The first-order chi connectivity index (χ1) is 15.0. The summed E-state index contributed by atoms with van der Waals surface area (Å²) in [6.07, 6.45) is 0.935.